The summed E-state index contributed by atoms with van der Waals surface area (Å²) in [4.78, 5) is 33.7. The molecule has 0 saturated heterocycles. The van der Waals surface area contributed by atoms with Gasteiger partial charge in [-0.2, -0.15) is 5.10 Å². The molecular weight excluding hydrogens is 400 g/mol. The Balaban J connectivity index is 1.86. The average molecular weight is 423 g/mol. The number of aromatic amines is 1. The largest absolute Gasteiger partial charge is 0.478 e. The monoisotopic (exact) mass is 423 g/mol. The third kappa shape index (κ3) is 3.23. The number of H-pyrrole nitrogens is 1. The molecule has 0 aliphatic rings. The molecule has 11 heteroatoms. The first-order valence-corrected chi connectivity index (χ1v) is 9.87. The van der Waals surface area contributed by atoms with Crippen molar-refractivity contribution in [3.8, 4) is 0 Å². The molecule has 0 aliphatic carbocycles. The van der Waals surface area contributed by atoms with Crippen LogP contribution in [0.5, 0.6) is 0 Å². The maximum atomic E-state index is 12.1. The molecule has 0 radical (unpaired) electrons. The summed E-state index contributed by atoms with van der Waals surface area (Å²) in [6.07, 6.45) is 0.669. The molecule has 0 aliphatic heterocycles. The zero-order valence-electron chi connectivity index (χ0n) is 17.5. The van der Waals surface area contributed by atoms with E-state index in [4.69, 9.17) is 5.73 Å². The van der Waals surface area contributed by atoms with Gasteiger partial charge in [-0.05, 0) is 32.9 Å². The summed E-state index contributed by atoms with van der Waals surface area (Å²) >= 11 is 0. The number of nitrogen functional groups attached to an aromatic ring is 1. The van der Waals surface area contributed by atoms with Crippen LogP contribution in [0.15, 0.2) is 18.2 Å². The van der Waals surface area contributed by atoms with E-state index in [1.807, 2.05) is 29.9 Å². The fraction of sp³-hybridized carbons (Fsp3) is 0.300. The number of carbonyl (C=O) groups is 2. The maximum Gasteiger partial charge on any atom is 0.335 e. The number of anilines is 2. The highest BCUT2D eigenvalue weighted by atomic mass is 16.4. The minimum atomic E-state index is -0.989. The Morgan fingerprint density at radius 1 is 1.35 bits per heavy atom. The molecule has 160 valence electrons. The predicted molar refractivity (Wildman–Crippen MR) is 114 cm³/mol. The number of benzene rings is 1. The number of carboxylic acid groups (broad SMARTS) is 1. The number of hydrogen-bond donors (Lipinski definition) is 3. The van der Waals surface area contributed by atoms with E-state index in [0.29, 0.717) is 30.7 Å². The smallest absolute Gasteiger partial charge is 0.335 e. The number of hydrogen-bond acceptors (Lipinski definition) is 6. The van der Waals surface area contributed by atoms with Gasteiger partial charge in [0.05, 0.1) is 24.3 Å². The first-order chi connectivity index (χ1) is 14.9. The highest BCUT2D eigenvalue weighted by molar-refractivity contribution is 5.92. The number of aromatic nitrogens is 6. The van der Waals surface area contributed by atoms with E-state index in [0.717, 1.165) is 22.6 Å². The normalized spacial score (nSPS) is 11.3. The van der Waals surface area contributed by atoms with E-state index in [-0.39, 0.29) is 23.7 Å². The van der Waals surface area contributed by atoms with Gasteiger partial charge >= 0.3 is 5.97 Å². The maximum absolute atomic E-state index is 12.1. The molecule has 0 saturated carbocycles. The molecule has 4 aromatic rings. The van der Waals surface area contributed by atoms with Crippen LogP contribution in [-0.4, -0.2) is 42.2 Å². The van der Waals surface area contributed by atoms with E-state index in [1.165, 1.54) is 4.90 Å². The molecule has 0 bridgehead atoms. The first-order valence-electron chi connectivity index (χ1n) is 9.87. The van der Waals surface area contributed by atoms with Crippen molar-refractivity contribution in [1.29, 1.82) is 0 Å². The molecule has 0 unspecified atom stereocenters. The Morgan fingerprint density at radius 2 is 2.13 bits per heavy atom. The first kappa shape index (κ1) is 20.3. The van der Waals surface area contributed by atoms with Crippen LogP contribution < -0.4 is 15.2 Å². The zero-order valence-corrected chi connectivity index (χ0v) is 17.5. The Kier molecular flexibility index (Phi) is 5.01. The van der Waals surface area contributed by atoms with Gasteiger partial charge in [-0.1, -0.05) is 0 Å². The van der Waals surface area contributed by atoms with Crippen LogP contribution in [0.4, 0.5) is 11.6 Å². The molecule has 0 spiro atoms. The Labute approximate surface area is 177 Å². The van der Waals surface area contributed by atoms with E-state index in [1.54, 1.807) is 18.2 Å². The second-order valence-corrected chi connectivity index (χ2v) is 7.10. The second-order valence-electron chi connectivity index (χ2n) is 7.10. The molecule has 1 aromatic carbocycles. The number of nitrogens with one attached hydrogen (secondary N) is 1. The van der Waals surface area contributed by atoms with Gasteiger partial charge in [-0.3, -0.25) is 14.8 Å². The standard InChI is InChI=1S/C20H22N8O3/c1-4-27-13-7-6-12(20(30)31)8-14(13)28(5-2)15(27)9-26(10-29)19-17(21)23-18-16(22-19)11(3)24-25-18/h6-8,10H,4-5,9H2,1-3H3,(H3-,21,22,23,24,25,30,31)/p+1. The zero-order chi connectivity index (χ0) is 22.3. The van der Waals surface area contributed by atoms with Gasteiger partial charge in [0, 0.05) is 6.07 Å². The van der Waals surface area contributed by atoms with Crippen LogP contribution in [0.3, 0.4) is 0 Å². The van der Waals surface area contributed by atoms with E-state index in [9.17, 15) is 14.7 Å². The number of aromatic carboxylic acids is 1. The number of carbonyl (C=O) groups excluding carboxylic acids is 1. The third-order valence-corrected chi connectivity index (χ3v) is 5.34. The molecule has 3 aromatic heterocycles. The number of carboxylic acids is 1. The van der Waals surface area contributed by atoms with Crippen molar-refractivity contribution in [3.05, 3.63) is 35.3 Å². The highest BCUT2D eigenvalue weighted by Crippen LogP contribution is 2.25. The van der Waals surface area contributed by atoms with Crippen molar-refractivity contribution in [2.45, 2.75) is 40.4 Å². The number of imidazole rings is 1. The molecular formula is C20H23N8O3+. The quantitative estimate of drug-likeness (QED) is 0.300. The van der Waals surface area contributed by atoms with Crippen LogP contribution in [0.1, 0.15) is 35.7 Å². The number of nitrogens with zero attached hydrogens (tertiary/aromatic N) is 6. The summed E-state index contributed by atoms with van der Waals surface area (Å²) in [5.74, 6) is 0.173. The molecule has 0 fully saturated rings. The summed E-state index contributed by atoms with van der Waals surface area (Å²) in [5, 5.41) is 16.3. The highest BCUT2D eigenvalue weighted by Gasteiger charge is 2.28. The Hall–Kier alpha value is -4.02. The van der Waals surface area contributed by atoms with E-state index >= 15 is 0 Å². The van der Waals surface area contributed by atoms with Gasteiger partial charge in [-0.25, -0.2) is 23.9 Å². The molecule has 1 amide bonds. The van der Waals surface area contributed by atoms with E-state index < -0.39 is 5.97 Å². The van der Waals surface area contributed by atoms with Crippen LogP contribution in [0, 0.1) is 6.92 Å². The van der Waals surface area contributed by atoms with Crippen molar-refractivity contribution in [2.75, 3.05) is 10.6 Å². The van der Waals surface area contributed by atoms with Crippen molar-refractivity contribution >= 4 is 46.2 Å². The number of amides is 1. The lowest BCUT2D eigenvalue weighted by molar-refractivity contribution is -0.676. The van der Waals surface area contributed by atoms with Crippen LogP contribution in [0.2, 0.25) is 0 Å². The summed E-state index contributed by atoms with van der Waals surface area (Å²) in [6, 6.07) is 5.02. The fourth-order valence-corrected chi connectivity index (χ4v) is 3.88. The second kappa shape index (κ2) is 7.67. The Bertz CT molecular complexity index is 1320. The molecule has 0 atom stereocenters. The lowest BCUT2D eigenvalue weighted by atomic mass is 10.2. The van der Waals surface area contributed by atoms with Crippen molar-refractivity contribution < 1.29 is 19.3 Å². The van der Waals surface area contributed by atoms with Crippen LogP contribution >= 0.6 is 0 Å². The van der Waals surface area contributed by atoms with Gasteiger partial charge in [0.25, 0.3) is 5.82 Å². The lowest BCUT2D eigenvalue weighted by Crippen LogP contribution is -2.40. The molecule has 4 rings (SSSR count). The topological polar surface area (TPSA) is 147 Å². The van der Waals surface area contributed by atoms with Crippen LogP contribution in [0.25, 0.3) is 22.2 Å². The van der Waals surface area contributed by atoms with Crippen LogP contribution in [-0.2, 0) is 24.4 Å². The summed E-state index contributed by atoms with van der Waals surface area (Å²) in [5.41, 5.74) is 9.62. The minimum Gasteiger partial charge on any atom is -0.478 e. The number of fused-ring (bicyclic) bond motifs is 2. The van der Waals surface area contributed by atoms with Crippen molar-refractivity contribution in [2.24, 2.45) is 0 Å². The SMILES string of the molecule is CCn1c(CN(C=O)c2nc3c(C)[nH]nc3nc2N)[n+](CC)c2ccc(C(=O)O)cc21. The minimum absolute atomic E-state index is 0.0986. The van der Waals surface area contributed by atoms with Gasteiger partial charge in [-0.15, -0.1) is 0 Å². The predicted octanol–water partition coefficient (Wildman–Crippen LogP) is 1.39. The summed E-state index contributed by atoms with van der Waals surface area (Å²) < 4.78 is 4.04. The number of nitrogens with two attached hydrogens (primary N) is 1. The number of rotatable bonds is 7. The number of aryl methyl sites for hydroxylation is 3. The molecule has 4 N–H and O–H groups in total. The average Bonchev–Trinajstić information content (AvgIpc) is 3.27. The Morgan fingerprint density at radius 3 is 2.77 bits per heavy atom. The van der Waals surface area contributed by atoms with Crippen molar-refractivity contribution in [1.82, 2.24) is 24.7 Å². The molecule has 3 heterocycles. The summed E-state index contributed by atoms with van der Waals surface area (Å²) in [6.45, 7) is 7.19. The van der Waals surface area contributed by atoms with Crippen molar-refractivity contribution in [3.63, 3.8) is 0 Å². The molecule has 31 heavy (non-hydrogen) atoms. The van der Waals surface area contributed by atoms with Gasteiger partial charge in [0.1, 0.15) is 12.1 Å². The fourth-order valence-electron chi connectivity index (χ4n) is 3.88. The van der Waals surface area contributed by atoms with Gasteiger partial charge < -0.3 is 10.8 Å². The molecule has 11 nitrogen and oxygen atoms in total. The van der Waals surface area contributed by atoms with E-state index in [2.05, 4.69) is 20.2 Å². The third-order valence-electron chi connectivity index (χ3n) is 5.34. The van der Waals surface area contributed by atoms with Gasteiger partial charge in [0.2, 0.25) is 12.1 Å². The summed E-state index contributed by atoms with van der Waals surface area (Å²) in [7, 11) is 0. The lowest BCUT2D eigenvalue weighted by Gasteiger charge is -2.16. The van der Waals surface area contributed by atoms with Gasteiger partial charge in [0.15, 0.2) is 22.7 Å².